The third-order valence-corrected chi connectivity index (χ3v) is 4.94. The van der Waals surface area contributed by atoms with Crippen molar-refractivity contribution in [2.24, 2.45) is 5.92 Å². The van der Waals surface area contributed by atoms with Gasteiger partial charge in [-0.2, -0.15) is 0 Å². The molecule has 2 amide bonds. The average Bonchev–Trinajstić information content (AvgIpc) is 3.40. The number of aliphatic carboxylic acids is 1. The SMILES string of the molecule is COc1cccc(C2C(C(=O)NCCCC(=O)O)CC(=O)N2C2CC2)c1. The van der Waals surface area contributed by atoms with Gasteiger partial charge in [0.15, 0.2) is 0 Å². The first kappa shape index (κ1) is 18.2. The van der Waals surface area contributed by atoms with Crippen molar-refractivity contribution in [1.29, 1.82) is 0 Å². The summed E-state index contributed by atoms with van der Waals surface area (Å²) in [6, 6.07) is 7.41. The quantitative estimate of drug-likeness (QED) is 0.688. The molecule has 2 aliphatic rings. The Morgan fingerprint density at radius 1 is 1.35 bits per heavy atom. The molecular weight excluding hydrogens is 336 g/mol. The summed E-state index contributed by atoms with van der Waals surface area (Å²) in [5.41, 5.74) is 0.896. The van der Waals surface area contributed by atoms with Crippen molar-refractivity contribution < 1.29 is 24.2 Å². The van der Waals surface area contributed by atoms with E-state index in [0.29, 0.717) is 18.7 Å². The van der Waals surface area contributed by atoms with Crippen LogP contribution in [-0.4, -0.2) is 47.5 Å². The topological polar surface area (TPSA) is 95.9 Å². The molecule has 1 saturated carbocycles. The Balaban J connectivity index is 1.77. The molecule has 2 fully saturated rings. The number of hydrogen-bond donors (Lipinski definition) is 2. The van der Waals surface area contributed by atoms with E-state index in [0.717, 1.165) is 18.4 Å². The molecule has 1 aliphatic carbocycles. The average molecular weight is 360 g/mol. The summed E-state index contributed by atoms with van der Waals surface area (Å²) >= 11 is 0. The lowest BCUT2D eigenvalue weighted by Gasteiger charge is -2.28. The maximum Gasteiger partial charge on any atom is 0.303 e. The standard InChI is InChI=1S/C19H24N2O5/c1-26-14-5-2-4-12(10-14)18-15(11-16(22)21(18)13-7-8-13)19(25)20-9-3-6-17(23)24/h2,4-5,10,13,15,18H,3,6-9,11H2,1H3,(H,20,25)(H,23,24). The minimum absolute atomic E-state index is 0.00556. The van der Waals surface area contributed by atoms with E-state index in [2.05, 4.69) is 5.32 Å². The van der Waals surface area contributed by atoms with Gasteiger partial charge in [-0.05, 0) is 37.0 Å². The Bertz CT molecular complexity index is 701. The maximum atomic E-state index is 12.7. The third-order valence-electron chi connectivity index (χ3n) is 4.94. The van der Waals surface area contributed by atoms with Crippen molar-refractivity contribution >= 4 is 17.8 Å². The number of carbonyl (C=O) groups excluding carboxylic acids is 2. The second-order valence-corrected chi connectivity index (χ2v) is 6.85. The molecule has 1 aromatic carbocycles. The highest BCUT2D eigenvalue weighted by Crippen LogP contribution is 2.45. The first-order valence-corrected chi connectivity index (χ1v) is 8.96. The molecule has 1 aliphatic heterocycles. The Labute approximate surface area is 152 Å². The van der Waals surface area contributed by atoms with Gasteiger partial charge in [0, 0.05) is 25.4 Å². The molecule has 26 heavy (non-hydrogen) atoms. The Kier molecular flexibility index (Phi) is 5.44. The number of benzene rings is 1. The summed E-state index contributed by atoms with van der Waals surface area (Å²) < 4.78 is 5.29. The van der Waals surface area contributed by atoms with Gasteiger partial charge in [0.1, 0.15) is 5.75 Å². The number of nitrogens with zero attached hydrogens (tertiary/aromatic N) is 1. The lowest BCUT2D eigenvalue weighted by molar-refractivity contribution is -0.137. The van der Waals surface area contributed by atoms with Crippen LogP contribution in [0, 0.1) is 5.92 Å². The van der Waals surface area contributed by atoms with Crippen LogP contribution >= 0.6 is 0 Å². The third kappa shape index (κ3) is 3.98. The summed E-state index contributed by atoms with van der Waals surface area (Å²) in [4.78, 5) is 37.7. The van der Waals surface area contributed by atoms with Gasteiger partial charge in [0.2, 0.25) is 11.8 Å². The van der Waals surface area contributed by atoms with Crippen LogP contribution in [-0.2, 0) is 14.4 Å². The molecule has 7 nitrogen and oxygen atoms in total. The minimum Gasteiger partial charge on any atom is -0.497 e. The first-order chi connectivity index (χ1) is 12.5. The molecule has 0 bridgehead atoms. The highest BCUT2D eigenvalue weighted by Gasteiger charge is 2.49. The Morgan fingerprint density at radius 3 is 2.77 bits per heavy atom. The van der Waals surface area contributed by atoms with Crippen molar-refractivity contribution in [3.05, 3.63) is 29.8 Å². The van der Waals surface area contributed by atoms with E-state index in [1.165, 1.54) is 0 Å². The van der Waals surface area contributed by atoms with Crippen molar-refractivity contribution in [2.75, 3.05) is 13.7 Å². The molecule has 3 rings (SSSR count). The van der Waals surface area contributed by atoms with Gasteiger partial charge in [0.25, 0.3) is 0 Å². The van der Waals surface area contributed by atoms with Crippen LogP contribution in [0.4, 0.5) is 0 Å². The van der Waals surface area contributed by atoms with E-state index in [1.807, 2.05) is 29.2 Å². The number of likely N-dealkylation sites (tertiary alicyclic amines) is 1. The fourth-order valence-corrected chi connectivity index (χ4v) is 3.57. The van der Waals surface area contributed by atoms with Crippen molar-refractivity contribution in [3.63, 3.8) is 0 Å². The molecule has 2 N–H and O–H groups in total. The van der Waals surface area contributed by atoms with Gasteiger partial charge in [-0.3, -0.25) is 14.4 Å². The summed E-state index contributed by atoms with van der Waals surface area (Å²) in [6.07, 6.45) is 2.51. The summed E-state index contributed by atoms with van der Waals surface area (Å²) in [5, 5.41) is 11.5. The van der Waals surface area contributed by atoms with Gasteiger partial charge in [-0.15, -0.1) is 0 Å². The van der Waals surface area contributed by atoms with Crippen LogP contribution in [0.1, 0.15) is 43.7 Å². The minimum atomic E-state index is -0.885. The monoisotopic (exact) mass is 360 g/mol. The molecule has 7 heteroatoms. The van der Waals surface area contributed by atoms with Crippen LogP contribution in [0.25, 0.3) is 0 Å². The number of rotatable bonds is 8. The normalized spacial score (nSPS) is 22.3. The van der Waals surface area contributed by atoms with Gasteiger partial charge in [-0.1, -0.05) is 12.1 Å². The lowest BCUT2D eigenvalue weighted by atomic mass is 9.92. The van der Waals surface area contributed by atoms with E-state index < -0.39 is 11.9 Å². The zero-order valence-electron chi connectivity index (χ0n) is 14.8. The summed E-state index contributed by atoms with van der Waals surface area (Å²) in [6.45, 7) is 0.296. The second kappa shape index (κ2) is 7.76. The number of carbonyl (C=O) groups is 3. The fraction of sp³-hybridized carbons (Fsp3) is 0.526. The Morgan fingerprint density at radius 2 is 2.12 bits per heavy atom. The van der Waals surface area contributed by atoms with Gasteiger partial charge in [-0.25, -0.2) is 0 Å². The van der Waals surface area contributed by atoms with E-state index in [4.69, 9.17) is 9.84 Å². The van der Waals surface area contributed by atoms with Crippen LogP contribution in [0.15, 0.2) is 24.3 Å². The largest absolute Gasteiger partial charge is 0.497 e. The zero-order valence-corrected chi connectivity index (χ0v) is 14.8. The van der Waals surface area contributed by atoms with Gasteiger partial charge < -0.3 is 20.1 Å². The number of methoxy groups -OCH3 is 1. The number of carboxylic acid groups (broad SMARTS) is 1. The number of ether oxygens (including phenoxy) is 1. The second-order valence-electron chi connectivity index (χ2n) is 6.85. The summed E-state index contributed by atoms with van der Waals surface area (Å²) in [7, 11) is 1.59. The predicted molar refractivity (Wildman–Crippen MR) is 93.6 cm³/mol. The van der Waals surface area contributed by atoms with Gasteiger partial charge in [0.05, 0.1) is 19.1 Å². The number of hydrogen-bond acceptors (Lipinski definition) is 4. The van der Waals surface area contributed by atoms with Crippen LogP contribution in [0.5, 0.6) is 5.75 Å². The predicted octanol–water partition coefficient (Wildman–Crippen LogP) is 1.73. The van der Waals surface area contributed by atoms with Crippen molar-refractivity contribution in [2.45, 2.75) is 44.2 Å². The number of carboxylic acids is 1. The highest BCUT2D eigenvalue weighted by atomic mass is 16.5. The number of nitrogens with one attached hydrogen (secondary N) is 1. The zero-order chi connectivity index (χ0) is 18.7. The van der Waals surface area contributed by atoms with Crippen molar-refractivity contribution in [1.82, 2.24) is 10.2 Å². The first-order valence-electron chi connectivity index (χ1n) is 8.96. The molecule has 1 saturated heterocycles. The molecule has 1 aromatic rings. The molecule has 1 heterocycles. The van der Waals surface area contributed by atoms with Crippen LogP contribution in [0.3, 0.4) is 0 Å². The molecule has 0 aromatic heterocycles. The smallest absolute Gasteiger partial charge is 0.303 e. The van der Waals surface area contributed by atoms with E-state index in [-0.39, 0.29) is 36.7 Å². The van der Waals surface area contributed by atoms with Gasteiger partial charge >= 0.3 is 5.97 Å². The molecular formula is C19H24N2O5. The molecule has 0 radical (unpaired) electrons. The van der Waals surface area contributed by atoms with E-state index in [9.17, 15) is 14.4 Å². The van der Waals surface area contributed by atoms with Crippen molar-refractivity contribution in [3.8, 4) is 5.75 Å². The van der Waals surface area contributed by atoms with E-state index in [1.54, 1.807) is 7.11 Å². The van der Waals surface area contributed by atoms with E-state index >= 15 is 0 Å². The maximum absolute atomic E-state index is 12.7. The molecule has 2 unspecified atom stereocenters. The number of amides is 2. The Hall–Kier alpha value is -2.57. The molecule has 0 spiro atoms. The highest BCUT2D eigenvalue weighted by molar-refractivity contribution is 5.90. The molecule has 140 valence electrons. The lowest BCUT2D eigenvalue weighted by Crippen LogP contribution is -2.37. The fourth-order valence-electron chi connectivity index (χ4n) is 3.57. The van der Waals surface area contributed by atoms with Crippen LogP contribution in [0.2, 0.25) is 0 Å². The van der Waals surface area contributed by atoms with Crippen LogP contribution < -0.4 is 10.1 Å². The molecule has 2 atom stereocenters. The summed E-state index contributed by atoms with van der Waals surface area (Å²) in [5.74, 6) is -0.853.